The average molecular weight is 394 g/mol. The number of alkyl halides is 2. The van der Waals surface area contributed by atoms with E-state index in [1.807, 2.05) is 0 Å². The van der Waals surface area contributed by atoms with E-state index in [2.05, 4.69) is 0 Å². The minimum atomic E-state index is -2.85. The second kappa shape index (κ2) is 7.14. The molecule has 28 heavy (non-hydrogen) atoms. The van der Waals surface area contributed by atoms with Crippen LogP contribution in [-0.2, 0) is 9.53 Å². The number of amides is 2. The molecule has 0 radical (unpaired) electrons. The molecule has 2 amide bonds. The van der Waals surface area contributed by atoms with Crippen LogP contribution in [0.2, 0.25) is 0 Å². The molecule has 4 rings (SSSR count). The SMILES string of the molecule is CC1=C(C(=O)N2C[C@@H]3C[C@H]2CN3C(=O)c2cc(F)cc(C(F)F)c2)CCCO1. The standard InChI is InChI=1S/C20H21F3N2O3/c1-11-17(3-2-4-28-11)20(27)25-10-15-8-16(25)9-24(15)19(26)13-5-12(18(22)23)6-14(21)7-13/h5-7,15-16,18H,2-4,8-10H2,1H3/t15-,16-/m0/s1. The van der Waals surface area contributed by atoms with Crippen molar-refractivity contribution in [3.8, 4) is 0 Å². The first-order valence-electron chi connectivity index (χ1n) is 9.38. The first-order chi connectivity index (χ1) is 13.3. The molecule has 150 valence electrons. The Labute approximate surface area is 160 Å². The number of fused-ring (bicyclic) bond motifs is 2. The normalized spacial score (nSPS) is 24.2. The lowest BCUT2D eigenvalue weighted by Gasteiger charge is -2.35. The second-order valence-corrected chi connectivity index (χ2v) is 7.52. The summed E-state index contributed by atoms with van der Waals surface area (Å²) in [5, 5.41) is 0. The summed E-state index contributed by atoms with van der Waals surface area (Å²) in [6.45, 7) is 3.12. The molecule has 0 spiro atoms. The fraction of sp³-hybridized carbons (Fsp3) is 0.500. The third-order valence-electron chi connectivity index (χ3n) is 5.75. The number of ether oxygens (including phenoxy) is 1. The molecule has 0 N–H and O–H groups in total. The fourth-order valence-electron chi connectivity index (χ4n) is 4.36. The number of halogens is 3. The van der Waals surface area contributed by atoms with Crippen molar-refractivity contribution < 1.29 is 27.5 Å². The van der Waals surface area contributed by atoms with Gasteiger partial charge in [-0.2, -0.15) is 0 Å². The summed E-state index contributed by atoms with van der Waals surface area (Å²) in [5.74, 6) is -0.729. The molecule has 8 heteroatoms. The van der Waals surface area contributed by atoms with Crippen LogP contribution >= 0.6 is 0 Å². The molecule has 3 aliphatic heterocycles. The minimum Gasteiger partial charge on any atom is -0.498 e. The number of hydrogen-bond donors (Lipinski definition) is 0. The summed E-state index contributed by atoms with van der Waals surface area (Å²) in [7, 11) is 0. The lowest BCUT2D eigenvalue weighted by atomic mass is 10.0. The summed E-state index contributed by atoms with van der Waals surface area (Å²) in [4.78, 5) is 29.0. The summed E-state index contributed by atoms with van der Waals surface area (Å²) in [6, 6.07) is 2.45. The molecular formula is C20H21F3N2O3. The summed E-state index contributed by atoms with van der Waals surface area (Å²) < 4.78 is 45.0. The van der Waals surface area contributed by atoms with Crippen molar-refractivity contribution in [2.75, 3.05) is 19.7 Å². The Morgan fingerprint density at radius 1 is 1.11 bits per heavy atom. The lowest BCUT2D eigenvalue weighted by Crippen LogP contribution is -2.51. The first-order valence-corrected chi connectivity index (χ1v) is 9.38. The zero-order chi connectivity index (χ0) is 20.0. The van der Waals surface area contributed by atoms with Crippen molar-refractivity contribution in [1.29, 1.82) is 0 Å². The number of piperazine rings is 1. The number of carbonyl (C=O) groups is 2. The predicted molar refractivity (Wildman–Crippen MR) is 94.2 cm³/mol. The highest BCUT2D eigenvalue weighted by molar-refractivity contribution is 5.97. The summed E-state index contributed by atoms with van der Waals surface area (Å²) in [6.07, 6.45) is -0.723. The number of nitrogens with zero attached hydrogens (tertiary/aromatic N) is 2. The van der Waals surface area contributed by atoms with Gasteiger partial charge in [0.25, 0.3) is 18.2 Å². The first kappa shape index (κ1) is 18.8. The van der Waals surface area contributed by atoms with Crippen LogP contribution in [0, 0.1) is 5.82 Å². The average Bonchev–Trinajstić information content (AvgIpc) is 3.27. The van der Waals surface area contributed by atoms with Crippen LogP contribution in [0.4, 0.5) is 13.2 Å². The van der Waals surface area contributed by atoms with Gasteiger partial charge in [-0.15, -0.1) is 0 Å². The molecule has 2 bridgehead atoms. The summed E-state index contributed by atoms with van der Waals surface area (Å²) >= 11 is 0. The molecule has 3 aliphatic rings. The van der Waals surface area contributed by atoms with Gasteiger partial charge in [-0.25, -0.2) is 13.2 Å². The summed E-state index contributed by atoms with van der Waals surface area (Å²) in [5.41, 5.74) is 0.0903. The van der Waals surface area contributed by atoms with Crippen LogP contribution in [0.5, 0.6) is 0 Å². The van der Waals surface area contributed by atoms with Gasteiger partial charge in [0, 0.05) is 24.2 Å². The Balaban J connectivity index is 1.49. The van der Waals surface area contributed by atoms with Crippen LogP contribution < -0.4 is 0 Å². The third-order valence-corrected chi connectivity index (χ3v) is 5.75. The largest absolute Gasteiger partial charge is 0.498 e. The number of rotatable bonds is 3. The molecule has 0 unspecified atom stereocenters. The van der Waals surface area contributed by atoms with Crippen molar-refractivity contribution in [3.05, 3.63) is 46.5 Å². The molecule has 5 nitrogen and oxygen atoms in total. The number of allylic oxidation sites excluding steroid dienone is 1. The zero-order valence-corrected chi connectivity index (χ0v) is 15.5. The smallest absolute Gasteiger partial charge is 0.263 e. The zero-order valence-electron chi connectivity index (χ0n) is 15.5. The molecule has 3 heterocycles. The minimum absolute atomic E-state index is 0.0532. The maximum Gasteiger partial charge on any atom is 0.263 e. The van der Waals surface area contributed by atoms with Gasteiger partial charge in [0.1, 0.15) is 11.6 Å². The van der Waals surface area contributed by atoms with E-state index < -0.39 is 23.7 Å². The molecule has 2 fully saturated rings. The molecule has 1 aromatic carbocycles. The number of likely N-dealkylation sites (tertiary alicyclic amines) is 2. The molecule has 0 aliphatic carbocycles. The van der Waals surface area contributed by atoms with Crippen molar-refractivity contribution >= 4 is 11.8 Å². The van der Waals surface area contributed by atoms with Crippen LogP contribution in [0.15, 0.2) is 29.5 Å². The van der Waals surface area contributed by atoms with Gasteiger partial charge in [0.2, 0.25) is 0 Å². The Bertz CT molecular complexity index is 855. The van der Waals surface area contributed by atoms with Gasteiger partial charge in [-0.3, -0.25) is 9.59 Å². The van der Waals surface area contributed by atoms with E-state index in [4.69, 9.17) is 4.74 Å². The molecule has 0 aromatic heterocycles. The predicted octanol–water partition coefficient (Wildman–Crippen LogP) is 3.27. The lowest BCUT2D eigenvalue weighted by molar-refractivity contribution is -0.129. The Kier molecular flexibility index (Phi) is 4.81. The van der Waals surface area contributed by atoms with Gasteiger partial charge in [-0.05, 0) is 44.4 Å². The molecular weight excluding hydrogens is 373 g/mol. The van der Waals surface area contributed by atoms with E-state index in [0.717, 1.165) is 24.6 Å². The van der Waals surface area contributed by atoms with Crippen molar-refractivity contribution in [1.82, 2.24) is 9.80 Å². The van der Waals surface area contributed by atoms with Crippen LogP contribution in [0.1, 0.15) is 48.5 Å². The van der Waals surface area contributed by atoms with E-state index in [9.17, 15) is 22.8 Å². The van der Waals surface area contributed by atoms with Gasteiger partial charge >= 0.3 is 0 Å². The van der Waals surface area contributed by atoms with Crippen molar-refractivity contribution in [2.45, 2.75) is 44.7 Å². The molecule has 2 atom stereocenters. The highest BCUT2D eigenvalue weighted by Crippen LogP contribution is 2.34. The second-order valence-electron chi connectivity index (χ2n) is 7.52. The van der Waals surface area contributed by atoms with E-state index >= 15 is 0 Å². The van der Waals surface area contributed by atoms with E-state index in [0.29, 0.717) is 43.9 Å². The van der Waals surface area contributed by atoms with Gasteiger partial charge in [0.15, 0.2) is 0 Å². The Hall–Kier alpha value is -2.51. The maximum absolute atomic E-state index is 13.7. The highest BCUT2D eigenvalue weighted by atomic mass is 19.3. The topological polar surface area (TPSA) is 49.9 Å². The quantitative estimate of drug-likeness (QED) is 0.791. The van der Waals surface area contributed by atoms with E-state index in [1.165, 1.54) is 0 Å². The molecule has 2 saturated heterocycles. The third kappa shape index (κ3) is 3.25. The van der Waals surface area contributed by atoms with Gasteiger partial charge in [-0.1, -0.05) is 0 Å². The van der Waals surface area contributed by atoms with Crippen LogP contribution in [0.3, 0.4) is 0 Å². The van der Waals surface area contributed by atoms with Crippen molar-refractivity contribution in [3.63, 3.8) is 0 Å². The maximum atomic E-state index is 13.7. The monoisotopic (exact) mass is 394 g/mol. The van der Waals surface area contributed by atoms with Crippen LogP contribution in [0.25, 0.3) is 0 Å². The van der Waals surface area contributed by atoms with Crippen molar-refractivity contribution in [2.24, 2.45) is 0 Å². The van der Waals surface area contributed by atoms with E-state index in [1.54, 1.807) is 16.7 Å². The highest BCUT2D eigenvalue weighted by Gasteiger charge is 2.48. The van der Waals surface area contributed by atoms with E-state index in [-0.39, 0.29) is 23.6 Å². The molecule has 1 aromatic rings. The van der Waals surface area contributed by atoms with Crippen LogP contribution in [-0.4, -0.2) is 53.4 Å². The van der Waals surface area contributed by atoms with Gasteiger partial charge in [0.05, 0.1) is 24.3 Å². The Morgan fingerprint density at radius 3 is 2.39 bits per heavy atom. The number of carbonyl (C=O) groups excluding carboxylic acids is 2. The van der Waals surface area contributed by atoms with Gasteiger partial charge < -0.3 is 14.5 Å². The molecule has 0 saturated carbocycles. The number of hydrogen-bond acceptors (Lipinski definition) is 3. The fourth-order valence-corrected chi connectivity index (χ4v) is 4.36. The number of benzene rings is 1. The Morgan fingerprint density at radius 2 is 1.79 bits per heavy atom.